The Bertz CT molecular complexity index is 385. The van der Waals surface area contributed by atoms with Gasteiger partial charge in [0.1, 0.15) is 0 Å². The lowest BCUT2D eigenvalue weighted by molar-refractivity contribution is -0.134. The van der Waals surface area contributed by atoms with Crippen LogP contribution in [0.1, 0.15) is 14.7 Å². The average Bonchev–Trinajstić information content (AvgIpc) is 2.35. The molecule has 0 aromatic heterocycles. The minimum absolute atomic E-state index is 0.00991. The first-order chi connectivity index (χ1) is 7.65. The standard InChI is InChI=1S/C12H14O2/c1-14-12(13)10-6-5-9-11-7-3-2-4-8-11/h2-4,6-8,10H,5,9H2,1H3/b10-6-/i6D,10D. The van der Waals surface area contributed by atoms with Crippen molar-refractivity contribution >= 4 is 5.97 Å². The number of carbonyl (C=O) groups is 1. The molecule has 0 atom stereocenters. The van der Waals surface area contributed by atoms with E-state index in [1.807, 2.05) is 30.3 Å². The summed E-state index contributed by atoms with van der Waals surface area (Å²) < 4.78 is 19.3. The second kappa shape index (κ2) is 5.97. The zero-order valence-corrected chi connectivity index (χ0v) is 8.12. The number of hydrogen-bond acceptors (Lipinski definition) is 2. The van der Waals surface area contributed by atoms with Gasteiger partial charge in [-0.1, -0.05) is 36.4 Å². The highest BCUT2D eigenvalue weighted by molar-refractivity contribution is 5.81. The van der Waals surface area contributed by atoms with Gasteiger partial charge in [0.05, 0.1) is 9.85 Å². The summed E-state index contributed by atoms with van der Waals surface area (Å²) in [5, 5.41) is 0. The lowest BCUT2D eigenvalue weighted by Crippen LogP contribution is -1.93. The molecule has 0 amide bonds. The summed E-state index contributed by atoms with van der Waals surface area (Å²) in [5.41, 5.74) is 1.09. The molecular formula is C12H14O2. The largest absolute Gasteiger partial charge is 0.466 e. The van der Waals surface area contributed by atoms with Crippen molar-refractivity contribution in [2.24, 2.45) is 0 Å². The summed E-state index contributed by atoms with van der Waals surface area (Å²) in [5.74, 6) is -0.752. The number of esters is 1. The molecular weight excluding hydrogens is 176 g/mol. The lowest BCUT2D eigenvalue weighted by atomic mass is 10.1. The van der Waals surface area contributed by atoms with Crippen LogP contribution < -0.4 is 0 Å². The quantitative estimate of drug-likeness (QED) is 0.540. The maximum Gasteiger partial charge on any atom is 0.330 e. The van der Waals surface area contributed by atoms with Crippen LogP contribution in [0.2, 0.25) is 0 Å². The predicted molar refractivity (Wildman–Crippen MR) is 55.9 cm³/mol. The van der Waals surface area contributed by atoms with E-state index in [1.165, 1.54) is 7.11 Å². The van der Waals surface area contributed by atoms with Crippen LogP contribution in [0, 0.1) is 0 Å². The van der Waals surface area contributed by atoms with E-state index in [2.05, 4.69) is 4.74 Å². The van der Waals surface area contributed by atoms with Crippen molar-refractivity contribution in [3.8, 4) is 0 Å². The molecule has 0 saturated carbocycles. The predicted octanol–water partition coefficient (Wildman–Crippen LogP) is 2.35. The maximum atomic E-state index is 11.0. The molecule has 1 aromatic carbocycles. The van der Waals surface area contributed by atoms with Gasteiger partial charge in [0.2, 0.25) is 0 Å². The molecule has 0 aliphatic heterocycles. The van der Waals surface area contributed by atoms with Gasteiger partial charge in [0.25, 0.3) is 0 Å². The van der Waals surface area contributed by atoms with Crippen LogP contribution in [0.5, 0.6) is 0 Å². The molecule has 74 valence electrons. The number of rotatable bonds is 4. The Kier molecular flexibility index (Phi) is 3.33. The van der Waals surface area contributed by atoms with Crippen molar-refractivity contribution in [1.82, 2.24) is 0 Å². The zero-order chi connectivity index (χ0) is 12.0. The van der Waals surface area contributed by atoms with E-state index in [4.69, 9.17) is 2.74 Å². The molecule has 0 saturated heterocycles. The van der Waals surface area contributed by atoms with Crippen molar-refractivity contribution in [2.45, 2.75) is 12.8 Å². The Labute approximate surface area is 87.0 Å². The number of benzene rings is 1. The minimum Gasteiger partial charge on any atom is -0.466 e. The fourth-order valence-electron chi connectivity index (χ4n) is 1.04. The van der Waals surface area contributed by atoms with Crippen molar-refractivity contribution < 1.29 is 12.3 Å². The van der Waals surface area contributed by atoms with Crippen LogP contribution in [0.15, 0.2) is 42.4 Å². The zero-order valence-electron chi connectivity index (χ0n) is 10.1. The number of carbonyl (C=O) groups excluding carboxylic acids is 1. The molecule has 1 rings (SSSR count). The molecule has 0 N–H and O–H groups in total. The molecule has 14 heavy (non-hydrogen) atoms. The van der Waals surface area contributed by atoms with E-state index in [9.17, 15) is 4.79 Å². The number of allylic oxidation sites excluding steroid dienone is 1. The topological polar surface area (TPSA) is 26.3 Å². The molecule has 0 aliphatic carbocycles. The molecule has 0 fully saturated rings. The highest BCUT2D eigenvalue weighted by Gasteiger charge is 1.91. The van der Waals surface area contributed by atoms with Gasteiger partial charge >= 0.3 is 5.97 Å². The van der Waals surface area contributed by atoms with E-state index in [1.54, 1.807) is 0 Å². The molecule has 1 aromatic rings. The van der Waals surface area contributed by atoms with Gasteiger partial charge in [-0.25, -0.2) is 4.79 Å². The van der Waals surface area contributed by atoms with Crippen molar-refractivity contribution in [2.75, 3.05) is 7.11 Å². The van der Waals surface area contributed by atoms with E-state index in [0.717, 1.165) is 5.56 Å². The van der Waals surface area contributed by atoms with Crippen LogP contribution in [-0.2, 0) is 16.0 Å². The average molecular weight is 192 g/mol. The third kappa shape index (κ3) is 3.90. The Hall–Kier alpha value is -1.57. The molecule has 0 spiro atoms. The van der Waals surface area contributed by atoms with Crippen molar-refractivity contribution in [3.05, 3.63) is 48.0 Å². The fraction of sp³-hybridized carbons (Fsp3) is 0.250. The SMILES string of the molecule is [2H]/C(CCc1ccccc1)=C(\[2H])C(=O)OC. The first kappa shape index (κ1) is 7.80. The summed E-state index contributed by atoms with van der Waals surface area (Å²) >= 11 is 0. The van der Waals surface area contributed by atoms with Crippen LogP contribution >= 0.6 is 0 Å². The number of methoxy groups -OCH3 is 1. The van der Waals surface area contributed by atoms with Crippen molar-refractivity contribution in [1.29, 1.82) is 0 Å². The Morgan fingerprint density at radius 3 is 2.86 bits per heavy atom. The molecule has 0 aliphatic rings. The lowest BCUT2D eigenvalue weighted by Gasteiger charge is -1.96. The third-order valence-corrected chi connectivity index (χ3v) is 1.76. The van der Waals surface area contributed by atoms with Gasteiger partial charge in [-0.3, -0.25) is 0 Å². The number of aryl methyl sites for hydroxylation is 1. The van der Waals surface area contributed by atoms with Gasteiger partial charge in [-0.05, 0) is 18.4 Å². The summed E-state index contributed by atoms with van der Waals surface area (Å²) in [7, 11) is 1.21. The molecule has 0 heterocycles. The molecule has 0 bridgehead atoms. The number of hydrogen-bond donors (Lipinski definition) is 0. The Morgan fingerprint density at radius 1 is 1.50 bits per heavy atom. The summed E-state index contributed by atoms with van der Waals surface area (Å²) in [4.78, 5) is 11.0. The molecule has 2 nitrogen and oxygen atoms in total. The van der Waals surface area contributed by atoms with Crippen molar-refractivity contribution in [3.63, 3.8) is 0 Å². The monoisotopic (exact) mass is 192 g/mol. The first-order valence-corrected chi connectivity index (χ1v) is 4.43. The first-order valence-electron chi connectivity index (χ1n) is 5.43. The van der Waals surface area contributed by atoms with Crippen LogP contribution in [0.4, 0.5) is 0 Å². The van der Waals surface area contributed by atoms with Gasteiger partial charge in [-0.15, -0.1) is 0 Å². The molecule has 0 unspecified atom stereocenters. The van der Waals surface area contributed by atoms with Gasteiger partial charge < -0.3 is 4.74 Å². The summed E-state index contributed by atoms with van der Waals surface area (Å²) in [6.45, 7) is 0. The van der Waals surface area contributed by atoms with Crippen LogP contribution in [0.25, 0.3) is 0 Å². The highest BCUT2D eigenvalue weighted by atomic mass is 16.5. The third-order valence-electron chi connectivity index (χ3n) is 1.76. The second-order valence-corrected chi connectivity index (χ2v) is 2.78. The summed E-state index contributed by atoms with van der Waals surface area (Å²) in [6, 6.07) is 9.32. The van der Waals surface area contributed by atoms with E-state index < -0.39 is 5.97 Å². The van der Waals surface area contributed by atoms with E-state index in [-0.39, 0.29) is 12.1 Å². The van der Waals surface area contributed by atoms with E-state index >= 15 is 0 Å². The maximum absolute atomic E-state index is 11.0. The normalized spacial score (nSPS) is 13.8. The van der Waals surface area contributed by atoms with Crippen LogP contribution in [-0.4, -0.2) is 13.1 Å². The van der Waals surface area contributed by atoms with Gasteiger partial charge in [-0.2, -0.15) is 0 Å². The molecule has 0 radical (unpaired) electrons. The second-order valence-electron chi connectivity index (χ2n) is 2.78. The Balaban J connectivity index is 2.59. The van der Waals surface area contributed by atoms with Crippen LogP contribution in [0.3, 0.4) is 0 Å². The smallest absolute Gasteiger partial charge is 0.330 e. The highest BCUT2D eigenvalue weighted by Crippen LogP contribution is 2.02. The molecule has 2 heteroatoms. The number of ether oxygens (including phenoxy) is 1. The fourth-order valence-corrected chi connectivity index (χ4v) is 1.04. The van der Waals surface area contributed by atoms with E-state index in [0.29, 0.717) is 12.8 Å². The minimum atomic E-state index is -0.752. The summed E-state index contributed by atoms with van der Waals surface area (Å²) in [6.07, 6.45) is 1.02. The van der Waals surface area contributed by atoms with Gasteiger partial charge in [0, 0.05) is 6.05 Å². The van der Waals surface area contributed by atoms with Gasteiger partial charge in [0.15, 0.2) is 0 Å². The Morgan fingerprint density at radius 2 is 2.21 bits per heavy atom.